The van der Waals surface area contributed by atoms with Crippen molar-refractivity contribution in [2.24, 2.45) is 5.41 Å². The van der Waals surface area contributed by atoms with Crippen LogP contribution < -0.4 is 0 Å². The topological polar surface area (TPSA) is 6.48 Å². The molecule has 1 heterocycles. The van der Waals surface area contributed by atoms with E-state index in [0.717, 1.165) is 5.41 Å². The van der Waals surface area contributed by atoms with Crippen molar-refractivity contribution in [2.45, 2.75) is 46.0 Å². The third kappa shape index (κ3) is 3.21. The molecule has 0 amide bonds. The number of rotatable bonds is 6. The lowest BCUT2D eigenvalue weighted by Crippen LogP contribution is -2.46. The first kappa shape index (κ1) is 12.4. The predicted molar refractivity (Wildman–Crippen MR) is 69.7 cm³/mol. The van der Waals surface area contributed by atoms with Crippen LogP contribution in [0.1, 0.15) is 46.0 Å². The first-order valence-corrected chi connectivity index (χ1v) is 7.23. The summed E-state index contributed by atoms with van der Waals surface area (Å²) in [5.41, 5.74) is 0.788. The van der Waals surface area contributed by atoms with Gasteiger partial charge in [-0.3, -0.25) is 0 Å². The monoisotopic (exact) mass is 224 g/mol. The predicted octanol–water partition coefficient (Wildman–Crippen LogP) is 2.59. The maximum Gasteiger partial charge on any atom is 0.0110 e. The molecule has 2 heteroatoms. The summed E-state index contributed by atoms with van der Waals surface area (Å²) in [6, 6.07) is 0. The number of nitrogens with zero attached hydrogens (tertiary/aromatic N) is 2. The third-order valence-corrected chi connectivity index (χ3v) is 4.61. The van der Waals surface area contributed by atoms with Gasteiger partial charge in [-0.15, -0.1) is 0 Å². The lowest BCUT2D eigenvalue weighted by atomic mass is 9.96. The van der Waals surface area contributed by atoms with Crippen LogP contribution in [0.5, 0.6) is 0 Å². The van der Waals surface area contributed by atoms with Crippen LogP contribution in [0, 0.1) is 5.41 Å². The molecule has 2 rings (SSSR count). The summed E-state index contributed by atoms with van der Waals surface area (Å²) in [4.78, 5) is 5.25. The lowest BCUT2D eigenvalue weighted by Gasteiger charge is -2.34. The van der Waals surface area contributed by atoms with Crippen LogP contribution >= 0.6 is 0 Å². The fourth-order valence-electron chi connectivity index (χ4n) is 3.06. The van der Waals surface area contributed by atoms with Crippen molar-refractivity contribution >= 4 is 0 Å². The second-order valence-corrected chi connectivity index (χ2v) is 5.78. The molecule has 1 aliphatic carbocycles. The summed E-state index contributed by atoms with van der Waals surface area (Å²) in [7, 11) is 0. The Hall–Kier alpha value is -0.0800. The molecule has 2 nitrogen and oxygen atoms in total. The Labute approximate surface area is 101 Å². The molecule has 0 bridgehead atoms. The highest BCUT2D eigenvalue weighted by atomic mass is 15.3. The number of piperazine rings is 1. The Morgan fingerprint density at radius 3 is 2.00 bits per heavy atom. The molecule has 94 valence electrons. The first-order valence-electron chi connectivity index (χ1n) is 7.23. The van der Waals surface area contributed by atoms with Crippen LogP contribution in [0.2, 0.25) is 0 Å². The van der Waals surface area contributed by atoms with E-state index in [1.165, 1.54) is 71.4 Å². The average molecular weight is 224 g/mol. The third-order valence-electron chi connectivity index (χ3n) is 4.61. The molecule has 0 spiro atoms. The zero-order chi connectivity index (χ0) is 11.4. The average Bonchev–Trinajstić information content (AvgIpc) is 3.08. The zero-order valence-corrected chi connectivity index (χ0v) is 11.2. The summed E-state index contributed by atoms with van der Waals surface area (Å²) in [6.07, 6.45) is 7.34. The minimum Gasteiger partial charge on any atom is -0.301 e. The van der Waals surface area contributed by atoms with E-state index in [1.54, 1.807) is 0 Å². The summed E-state index contributed by atoms with van der Waals surface area (Å²) in [5, 5.41) is 0. The van der Waals surface area contributed by atoms with Gasteiger partial charge in [0.25, 0.3) is 0 Å². The Morgan fingerprint density at radius 1 is 0.875 bits per heavy atom. The second-order valence-electron chi connectivity index (χ2n) is 5.78. The van der Waals surface area contributed by atoms with Crippen LogP contribution in [0.25, 0.3) is 0 Å². The zero-order valence-electron chi connectivity index (χ0n) is 11.2. The van der Waals surface area contributed by atoms with Crippen molar-refractivity contribution in [3.05, 3.63) is 0 Å². The maximum absolute atomic E-state index is 2.68. The lowest BCUT2D eigenvalue weighted by molar-refractivity contribution is 0.128. The van der Waals surface area contributed by atoms with Crippen LogP contribution in [-0.4, -0.2) is 49.1 Å². The Balaban J connectivity index is 1.64. The van der Waals surface area contributed by atoms with Gasteiger partial charge in [0.1, 0.15) is 0 Å². The van der Waals surface area contributed by atoms with Crippen molar-refractivity contribution in [1.29, 1.82) is 0 Å². The number of likely N-dealkylation sites (N-methyl/N-ethyl adjacent to an activating group) is 1. The molecule has 0 N–H and O–H groups in total. The Kier molecular flexibility index (Phi) is 4.26. The van der Waals surface area contributed by atoms with Crippen LogP contribution in [0.15, 0.2) is 0 Å². The van der Waals surface area contributed by atoms with E-state index < -0.39 is 0 Å². The standard InChI is InChI=1S/C14H28N2/c1-3-5-14(6-7-14)8-9-16-12-10-15(4-2)11-13-16/h3-13H2,1-2H3. The minimum absolute atomic E-state index is 0.788. The first-order chi connectivity index (χ1) is 7.78. The molecule has 1 saturated carbocycles. The van der Waals surface area contributed by atoms with Gasteiger partial charge in [-0.1, -0.05) is 20.3 Å². The Bertz CT molecular complexity index is 203. The van der Waals surface area contributed by atoms with Crippen molar-refractivity contribution in [1.82, 2.24) is 9.80 Å². The van der Waals surface area contributed by atoms with Gasteiger partial charge in [-0.05, 0) is 44.2 Å². The van der Waals surface area contributed by atoms with Crippen molar-refractivity contribution in [3.63, 3.8) is 0 Å². The van der Waals surface area contributed by atoms with Crippen LogP contribution in [-0.2, 0) is 0 Å². The van der Waals surface area contributed by atoms with Gasteiger partial charge in [0.05, 0.1) is 0 Å². The molecule has 0 aromatic carbocycles. The van der Waals surface area contributed by atoms with Gasteiger partial charge in [0.15, 0.2) is 0 Å². The van der Waals surface area contributed by atoms with Gasteiger partial charge in [-0.25, -0.2) is 0 Å². The fourth-order valence-corrected chi connectivity index (χ4v) is 3.06. The molecule has 0 aromatic rings. The van der Waals surface area contributed by atoms with E-state index >= 15 is 0 Å². The van der Waals surface area contributed by atoms with Gasteiger partial charge in [0.2, 0.25) is 0 Å². The quantitative estimate of drug-likeness (QED) is 0.684. The van der Waals surface area contributed by atoms with E-state index in [1.807, 2.05) is 0 Å². The molecule has 1 aliphatic heterocycles. The normalized spacial score (nSPS) is 25.9. The van der Waals surface area contributed by atoms with Crippen molar-refractivity contribution in [3.8, 4) is 0 Å². The summed E-state index contributed by atoms with van der Waals surface area (Å²) in [5.74, 6) is 0. The molecule has 1 saturated heterocycles. The van der Waals surface area contributed by atoms with Crippen LogP contribution in [0.4, 0.5) is 0 Å². The van der Waals surface area contributed by atoms with E-state index in [4.69, 9.17) is 0 Å². The maximum atomic E-state index is 2.68. The van der Waals surface area contributed by atoms with E-state index in [2.05, 4.69) is 23.6 Å². The van der Waals surface area contributed by atoms with Gasteiger partial charge in [-0.2, -0.15) is 0 Å². The molecule has 2 aliphatic rings. The molecule has 0 unspecified atom stereocenters. The Morgan fingerprint density at radius 2 is 1.50 bits per heavy atom. The van der Waals surface area contributed by atoms with E-state index in [0.29, 0.717) is 0 Å². The second kappa shape index (κ2) is 5.50. The number of hydrogen-bond acceptors (Lipinski definition) is 2. The van der Waals surface area contributed by atoms with Crippen molar-refractivity contribution in [2.75, 3.05) is 39.3 Å². The summed E-state index contributed by atoms with van der Waals surface area (Å²) < 4.78 is 0. The van der Waals surface area contributed by atoms with Gasteiger partial charge in [0, 0.05) is 26.2 Å². The highest BCUT2D eigenvalue weighted by Crippen LogP contribution is 2.52. The molecule has 0 atom stereocenters. The van der Waals surface area contributed by atoms with Crippen LogP contribution in [0.3, 0.4) is 0 Å². The summed E-state index contributed by atoms with van der Waals surface area (Å²) in [6.45, 7) is 12.4. The van der Waals surface area contributed by atoms with Gasteiger partial charge < -0.3 is 9.80 Å². The van der Waals surface area contributed by atoms with Gasteiger partial charge >= 0.3 is 0 Å². The van der Waals surface area contributed by atoms with E-state index in [-0.39, 0.29) is 0 Å². The van der Waals surface area contributed by atoms with Crippen molar-refractivity contribution < 1.29 is 0 Å². The molecular formula is C14H28N2. The molecular weight excluding hydrogens is 196 g/mol. The molecule has 2 fully saturated rings. The SMILES string of the molecule is CCCC1(CCN2CCN(CC)CC2)CC1. The minimum atomic E-state index is 0.788. The molecule has 0 aromatic heterocycles. The molecule has 0 radical (unpaired) electrons. The highest BCUT2D eigenvalue weighted by Gasteiger charge is 2.41. The smallest absolute Gasteiger partial charge is 0.0110 e. The molecule has 16 heavy (non-hydrogen) atoms. The number of hydrogen-bond donors (Lipinski definition) is 0. The highest BCUT2D eigenvalue weighted by molar-refractivity contribution is 4.93. The largest absolute Gasteiger partial charge is 0.301 e. The van der Waals surface area contributed by atoms with E-state index in [9.17, 15) is 0 Å². The fraction of sp³-hybridized carbons (Fsp3) is 1.00. The summed E-state index contributed by atoms with van der Waals surface area (Å²) >= 11 is 0.